The van der Waals surface area contributed by atoms with Crippen molar-refractivity contribution < 1.29 is 4.79 Å². The van der Waals surface area contributed by atoms with E-state index in [2.05, 4.69) is 26.2 Å². The molecular weight excluding hydrogens is 395 g/mol. The summed E-state index contributed by atoms with van der Waals surface area (Å²) in [6, 6.07) is 10.6. The SMILES string of the molecule is O=C(Nc1nc2c(Cl)ccc(Cl)c2s1)c1ccccc1Br. The third-order valence-corrected chi connectivity index (χ3v) is 5.21. The zero-order valence-electron chi connectivity index (χ0n) is 10.4. The first-order chi connectivity index (χ1) is 10.1. The third kappa shape index (κ3) is 2.92. The van der Waals surface area contributed by atoms with Gasteiger partial charge in [0, 0.05) is 4.47 Å². The number of nitrogens with one attached hydrogen (secondary N) is 1. The van der Waals surface area contributed by atoms with Gasteiger partial charge in [-0.2, -0.15) is 0 Å². The molecule has 0 radical (unpaired) electrons. The maximum Gasteiger partial charge on any atom is 0.258 e. The van der Waals surface area contributed by atoms with E-state index < -0.39 is 0 Å². The van der Waals surface area contributed by atoms with Gasteiger partial charge in [-0.05, 0) is 40.2 Å². The van der Waals surface area contributed by atoms with Crippen LogP contribution in [-0.2, 0) is 0 Å². The van der Waals surface area contributed by atoms with Gasteiger partial charge in [0.05, 0.1) is 20.3 Å². The van der Waals surface area contributed by atoms with Gasteiger partial charge in [0.1, 0.15) is 5.52 Å². The molecule has 0 fully saturated rings. The van der Waals surface area contributed by atoms with E-state index in [4.69, 9.17) is 23.2 Å². The van der Waals surface area contributed by atoms with Crippen LogP contribution in [0.3, 0.4) is 0 Å². The van der Waals surface area contributed by atoms with Crippen LogP contribution < -0.4 is 5.32 Å². The standard InChI is InChI=1S/C14H7BrCl2N2OS/c15-8-4-2-1-3-7(8)13(20)19-14-18-11-9(16)5-6-10(17)12(11)21-14/h1-6H,(H,18,19,20). The molecular formula is C14H7BrCl2N2OS. The Bertz CT molecular complexity index is 811. The minimum Gasteiger partial charge on any atom is -0.298 e. The number of aromatic nitrogens is 1. The first-order valence-corrected chi connectivity index (χ1v) is 8.23. The molecule has 2 aromatic carbocycles. The molecule has 3 aromatic rings. The number of nitrogens with zero attached hydrogens (tertiary/aromatic N) is 1. The van der Waals surface area contributed by atoms with Gasteiger partial charge in [-0.3, -0.25) is 10.1 Å². The van der Waals surface area contributed by atoms with Gasteiger partial charge in [0.15, 0.2) is 5.13 Å². The Kier molecular flexibility index (Phi) is 4.17. The van der Waals surface area contributed by atoms with Crippen molar-refractivity contribution in [3.63, 3.8) is 0 Å². The highest BCUT2D eigenvalue weighted by Gasteiger charge is 2.14. The lowest BCUT2D eigenvalue weighted by Crippen LogP contribution is -2.12. The van der Waals surface area contributed by atoms with Crippen molar-refractivity contribution in [2.24, 2.45) is 0 Å². The highest BCUT2D eigenvalue weighted by atomic mass is 79.9. The van der Waals surface area contributed by atoms with Crippen molar-refractivity contribution in [2.75, 3.05) is 5.32 Å². The van der Waals surface area contributed by atoms with Crippen molar-refractivity contribution >= 4 is 71.7 Å². The van der Waals surface area contributed by atoms with Crippen molar-refractivity contribution in [3.05, 3.63) is 56.5 Å². The summed E-state index contributed by atoms with van der Waals surface area (Å²) in [6.07, 6.45) is 0. The van der Waals surface area contributed by atoms with E-state index >= 15 is 0 Å². The largest absolute Gasteiger partial charge is 0.298 e. The minimum absolute atomic E-state index is 0.242. The van der Waals surface area contributed by atoms with Crippen LogP contribution in [-0.4, -0.2) is 10.9 Å². The molecule has 3 nitrogen and oxygen atoms in total. The van der Waals surface area contributed by atoms with E-state index in [0.29, 0.717) is 26.3 Å². The molecule has 106 valence electrons. The molecule has 0 aliphatic rings. The molecule has 1 aromatic heterocycles. The molecule has 0 aliphatic carbocycles. The zero-order valence-corrected chi connectivity index (χ0v) is 14.3. The topological polar surface area (TPSA) is 42.0 Å². The Hall–Kier alpha value is -1.14. The molecule has 21 heavy (non-hydrogen) atoms. The van der Waals surface area contributed by atoms with Gasteiger partial charge in [-0.15, -0.1) is 0 Å². The van der Waals surface area contributed by atoms with Crippen LogP contribution in [0.25, 0.3) is 10.2 Å². The molecule has 3 rings (SSSR count). The molecule has 1 amide bonds. The summed E-state index contributed by atoms with van der Waals surface area (Å²) in [5.74, 6) is -0.242. The number of halogens is 3. The summed E-state index contributed by atoms with van der Waals surface area (Å²) in [4.78, 5) is 16.6. The van der Waals surface area contributed by atoms with E-state index in [0.717, 1.165) is 9.17 Å². The number of hydrogen-bond donors (Lipinski definition) is 1. The zero-order chi connectivity index (χ0) is 15.0. The van der Waals surface area contributed by atoms with Crippen molar-refractivity contribution in [1.29, 1.82) is 0 Å². The molecule has 0 bridgehead atoms. The lowest BCUT2D eigenvalue weighted by atomic mass is 10.2. The lowest BCUT2D eigenvalue weighted by molar-refractivity contribution is 0.102. The fourth-order valence-electron chi connectivity index (χ4n) is 1.81. The molecule has 1 N–H and O–H groups in total. The Morgan fingerprint density at radius 2 is 1.86 bits per heavy atom. The summed E-state index contributed by atoms with van der Waals surface area (Å²) in [7, 11) is 0. The number of amides is 1. The first kappa shape index (κ1) is 14.8. The van der Waals surface area contributed by atoms with E-state index in [-0.39, 0.29) is 5.91 Å². The Morgan fingerprint density at radius 1 is 1.14 bits per heavy atom. The van der Waals surface area contributed by atoms with Gasteiger partial charge in [-0.25, -0.2) is 4.98 Å². The van der Waals surface area contributed by atoms with Gasteiger partial charge in [0.2, 0.25) is 0 Å². The van der Waals surface area contributed by atoms with Crippen LogP contribution >= 0.6 is 50.5 Å². The maximum atomic E-state index is 12.2. The van der Waals surface area contributed by atoms with Gasteiger partial charge in [0.25, 0.3) is 5.91 Å². The molecule has 0 saturated carbocycles. The number of thiazole rings is 1. The maximum absolute atomic E-state index is 12.2. The fraction of sp³-hybridized carbons (Fsp3) is 0. The highest BCUT2D eigenvalue weighted by molar-refractivity contribution is 9.10. The molecule has 1 heterocycles. The number of carbonyl (C=O) groups excluding carboxylic acids is 1. The first-order valence-electron chi connectivity index (χ1n) is 5.86. The van der Waals surface area contributed by atoms with Crippen molar-refractivity contribution in [3.8, 4) is 0 Å². The van der Waals surface area contributed by atoms with E-state index in [1.165, 1.54) is 11.3 Å². The normalized spacial score (nSPS) is 10.8. The number of rotatable bonds is 2. The monoisotopic (exact) mass is 400 g/mol. The van der Waals surface area contributed by atoms with Crippen LogP contribution in [0.15, 0.2) is 40.9 Å². The van der Waals surface area contributed by atoms with Crippen LogP contribution in [0.4, 0.5) is 5.13 Å². The van der Waals surface area contributed by atoms with Crippen molar-refractivity contribution in [1.82, 2.24) is 4.98 Å². The highest BCUT2D eigenvalue weighted by Crippen LogP contribution is 2.36. The molecule has 0 aliphatic heterocycles. The van der Waals surface area contributed by atoms with Crippen LogP contribution in [0.1, 0.15) is 10.4 Å². The number of hydrogen-bond acceptors (Lipinski definition) is 3. The average molecular weight is 402 g/mol. The summed E-state index contributed by atoms with van der Waals surface area (Å²) in [5.41, 5.74) is 1.13. The predicted octanol–water partition coefficient (Wildman–Crippen LogP) is 5.62. The summed E-state index contributed by atoms with van der Waals surface area (Å²) in [5, 5.41) is 4.29. The van der Waals surface area contributed by atoms with E-state index in [9.17, 15) is 4.79 Å². The molecule has 7 heteroatoms. The van der Waals surface area contributed by atoms with Crippen molar-refractivity contribution in [2.45, 2.75) is 0 Å². The van der Waals surface area contributed by atoms with E-state index in [1.807, 2.05) is 6.07 Å². The summed E-state index contributed by atoms with van der Waals surface area (Å²) >= 11 is 16.8. The van der Waals surface area contributed by atoms with Crippen LogP contribution in [0.5, 0.6) is 0 Å². The van der Waals surface area contributed by atoms with Gasteiger partial charge < -0.3 is 0 Å². The molecule has 0 spiro atoms. The Balaban J connectivity index is 1.96. The quantitative estimate of drug-likeness (QED) is 0.605. The third-order valence-electron chi connectivity index (χ3n) is 2.79. The average Bonchev–Trinajstić information content (AvgIpc) is 2.88. The predicted molar refractivity (Wildman–Crippen MR) is 91.7 cm³/mol. The van der Waals surface area contributed by atoms with Gasteiger partial charge >= 0.3 is 0 Å². The number of anilines is 1. The minimum atomic E-state index is -0.242. The number of fused-ring (bicyclic) bond motifs is 1. The Labute approximate surface area is 143 Å². The lowest BCUT2D eigenvalue weighted by Gasteiger charge is -2.03. The number of benzene rings is 2. The smallest absolute Gasteiger partial charge is 0.258 e. The van der Waals surface area contributed by atoms with Crippen LogP contribution in [0.2, 0.25) is 10.0 Å². The Morgan fingerprint density at radius 3 is 2.57 bits per heavy atom. The fourth-order valence-corrected chi connectivity index (χ4v) is 3.69. The summed E-state index contributed by atoms with van der Waals surface area (Å²) < 4.78 is 1.48. The van der Waals surface area contributed by atoms with Crippen LogP contribution in [0, 0.1) is 0 Å². The van der Waals surface area contributed by atoms with Gasteiger partial charge in [-0.1, -0.05) is 46.7 Å². The molecule has 0 unspecified atom stereocenters. The molecule has 0 saturated heterocycles. The van der Waals surface area contributed by atoms with E-state index in [1.54, 1.807) is 30.3 Å². The second-order valence-electron chi connectivity index (χ2n) is 4.16. The molecule has 0 atom stereocenters. The second kappa shape index (κ2) is 5.93. The second-order valence-corrected chi connectivity index (χ2v) is 6.83. The number of carbonyl (C=O) groups is 1. The summed E-state index contributed by atoms with van der Waals surface area (Å²) in [6.45, 7) is 0.